The molecule has 3 heteroatoms. The molecule has 0 saturated carbocycles. The first-order chi connectivity index (χ1) is 8.31. The molecule has 17 heavy (non-hydrogen) atoms. The van der Waals surface area contributed by atoms with Crippen LogP contribution in [0, 0.1) is 11.3 Å². The third kappa shape index (κ3) is 1.31. The molecule has 80 valence electrons. The zero-order valence-electron chi connectivity index (χ0n) is 8.88. The number of hydrogen-bond acceptors (Lipinski definition) is 3. The van der Waals surface area contributed by atoms with E-state index in [1.807, 2.05) is 24.3 Å². The SMILES string of the molecule is N#Cc1c2ccccc2nc2c(O)cccc12. The highest BCUT2D eigenvalue weighted by molar-refractivity contribution is 6.01. The van der Waals surface area contributed by atoms with Crippen molar-refractivity contribution in [3.05, 3.63) is 48.0 Å². The summed E-state index contributed by atoms with van der Waals surface area (Å²) < 4.78 is 0. The molecule has 0 aliphatic heterocycles. The summed E-state index contributed by atoms with van der Waals surface area (Å²) in [5.74, 6) is 0.102. The summed E-state index contributed by atoms with van der Waals surface area (Å²) in [5, 5.41) is 20.5. The summed E-state index contributed by atoms with van der Waals surface area (Å²) in [6, 6.07) is 14.7. The normalized spacial score (nSPS) is 10.5. The number of phenolic OH excluding ortho intramolecular Hbond substituents is 1. The van der Waals surface area contributed by atoms with E-state index in [1.54, 1.807) is 18.2 Å². The maximum Gasteiger partial charge on any atom is 0.141 e. The minimum absolute atomic E-state index is 0.102. The number of phenols is 1. The Kier molecular flexibility index (Phi) is 1.96. The van der Waals surface area contributed by atoms with E-state index < -0.39 is 0 Å². The fraction of sp³-hybridized carbons (Fsp3) is 0. The number of nitrogens with zero attached hydrogens (tertiary/aromatic N) is 2. The molecule has 0 bridgehead atoms. The molecule has 0 saturated heterocycles. The van der Waals surface area contributed by atoms with Gasteiger partial charge < -0.3 is 5.11 Å². The molecule has 1 heterocycles. The molecule has 2 aromatic carbocycles. The molecule has 1 N–H and O–H groups in total. The average molecular weight is 220 g/mol. The van der Waals surface area contributed by atoms with Gasteiger partial charge in [0, 0.05) is 10.8 Å². The largest absolute Gasteiger partial charge is 0.506 e. The summed E-state index contributed by atoms with van der Waals surface area (Å²) in [7, 11) is 0. The fourth-order valence-corrected chi connectivity index (χ4v) is 2.02. The second kappa shape index (κ2) is 3.46. The lowest BCUT2D eigenvalue weighted by atomic mass is 10.0. The molecule has 0 amide bonds. The number of hydrogen-bond donors (Lipinski definition) is 1. The third-order valence-corrected chi connectivity index (χ3v) is 2.80. The standard InChI is InChI=1S/C14H8N2O/c15-8-11-9-4-1-2-6-12(9)16-14-10(11)5-3-7-13(14)17/h1-7,17H. The second-order valence-corrected chi connectivity index (χ2v) is 3.79. The highest BCUT2D eigenvalue weighted by atomic mass is 16.3. The first kappa shape index (κ1) is 9.61. The Bertz CT molecular complexity index is 772. The van der Waals surface area contributed by atoms with E-state index in [9.17, 15) is 10.4 Å². The molecule has 0 aliphatic rings. The molecule has 0 aliphatic carbocycles. The average Bonchev–Trinajstić information content (AvgIpc) is 2.37. The van der Waals surface area contributed by atoms with Crippen LogP contribution in [0.2, 0.25) is 0 Å². The van der Waals surface area contributed by atoms with Gasteiger partial charge in [0.05, 0.1) is 11.1 Å². The number of fused-ring (bicyclic) bond motifs is 2. The maximum atomic E-state index is 9.78. The van der Waals surface area contributed by atoms with E-state index in [4.69, 9.17) is 0 Å². The Morgan fingerprint density at radius 3 is 2.59 bits per heavy atom. The van der Waals surface area contributed by atoms with Gasteiger partial charge in [0.1, 0.15) is 17.3 Å². The highest BCUT2D eigenvalue weighted by Gasteiger charge is 2.10. The van der Waals surface area contributed by atoms with Crippen LogP contribution in [0.1, 0.15) is 5.56 Å². The lowest BCUT2D eigenvalue weighted by molar-refractivity contribution is 0.480. The van der Waals surface area contributed by atoms with Gasteiger partial charge in [-0.3, -0.25) is 0 Å². The van der Waals surface area contributed by atoms with Crippen molar-refractivity contribution >= 4 is 21.8 Å². The molecular formula is C14H8N2O. The number of rotatable bonds is 0. The number of aromatic hydroxyl groups is 1. The van der Waals surface area contributed by atoms with Crippen molar-refractivity contribution in [1.82, 2.24) is 4.98 Å². The van der Waals surface area contributed by atoms with Gasteiger partial charge in [-0.05, 0) is 12.1 Å². The summed E-state index contributed by atoms with van der Waals surface area (Å²) in [4.78, 5) is 4.38. The van der Waals surface area contributed by atoms with E-state index in [-0.39, 0.29) is 5.75 Å². The van der Waals surface area contributed by atoms with Crippen molar-refractivity contribution in [3.63, 3.8) is 0 Å². The van der Waals surface area contributed by atoms with Crippen molar-refractivity contribution in [3.8, 4) is 11.8 Å². The minimum Gasteiger partial charge on any atom is -0.506 e. The first-order valence-corrected chi connectivity index (χ1v) is 5.22. The van der Waals surface area contributed by atoms with Crippen molar-refractivity contribution in [2.75, 3.05) is 0 Å². The zero-order valence-corrected chi connectivity index (χ0v) is 8.88. The lowest BCUT2D eigenvalue weighted by Gasteiger charge is -2.05. The number of aromatic nitrogens is 1. The monoisotopic (exact) mass is 220 g/mol. The van der Waals surface area contributed by atoms with E-state index in [0.29, 0.717) is 16.5 Å². The van der Waals surface area contributed by atoms with E-state index in [0.717, 1.165) is 10.9 Å². The molecule has 3 nitrogen and oxygen atoms in total. The predicted octanol–water partition coefficient (Wildman–Crippen LogP) is 2.97. The van der Waals surface area contributed by atoms with Crippen LogP contribution in [0.15, 0.2) is 42.5 Å². The van der Waals surface area contributed by atoms with Gasteiger partial charge in [-0.2, -0.15) is 5.26 Å². The number of para-hydroxylation sites is 2. The minimum atomic E-state index is 0.102. The van der Waals surface area contributed by atoms with Crippen LogP contribution < -0.4 is 0 Å². The van der Waals surface area contributed by atoms with Crippen molar-refractivity contribution in [2.24, 2.45) is 0 Å². The summed E-state index contributed by atoms with van der Waals surface area (Å²) in [5.41, 5.74) is 1.75. The van der Waals surface area contributed by atoms with E-state index in [1.165, 1.54) is 0 Å². The summed E-state index contributed by atoms with van der Waals surface area (Å²) in [6.45, 7) is 0. The van der Waals surface area contributed by atoms with E-state index >= 15 is 0 Å². The molecule has 0 fully saturated rings. The Labute approximate surface area is 97.6 Å². The Balaban J connectivity index is 2.65. The molecular weight excluding hydrogens is 212 g/mol. The van der Waals surface area contributed by atoms with Crippen LogP contribution >= 0.6 is 0 Å². The predicted molar refractivity (Wildman–Crippen MR) is 65.6 cm³/mol. The molecule has 1 aromatic heterocycles. The van der Waals surface area contributed by atoms with Gasteiger partial charge in [0.25, 0.3) is 0 Å². The van der Waals surface area contributed by atoms with Crippen molar-refractivity contribution in [1.29, 1.82) is 5.26 Å². The topological polar surface area (TPSA) is 56.9 Å². The third-order valence-electron chi connectivity index (χ3n) is 2.80. The van der Waals surface area contributed by atoms with Gasteiger partial charge in [-0.1, -0.05) is 30.3 Å². The quantitative estimate of drug-likeness (QED) is 0.592. The van der Waals surface area contributed by atoms with Crippen LogP contribution in [0.3, 0.4) is 0 Å². The van der Waals surface area contributed by atoms with Crippen LogP contribution in [-0.4, -0.2) is 10.1 Å². The Morgan fingerprint density at radius 1 is 1.00 bits per heavy atom. The van der Waals surface area contributed by atoms with Crippen molar-refractivity contribution < 1.29 is 5.11 Å². The molecule has 0 unspecified atom stereocenters. The van der Waals surface area contributed by atoms with Gasteiger partial charge in [-0.25, -0.2) is 4.98 Å². The Hall–Kier alpha value is -2.60. The maximum absolute atomic E-state index is 9.78. The van der Waals surface area contributed by atoms with Gasteiger partial charge in [0.15, 0.2) is 0 Å². The number of nitriles is 1. The lowest BCUT2D eigenvalue weighted by Crippen LogP contribution is -1.88. The summed E-state index contributed by atoms with van der Waals surface area (Å²) in [6.07, 6.45) is 0. The fourth-order valence-electron chi connectivity index (χ4n) is 2.02. The molecule has 0 radical (unpaired) electrons. The Morgan fingerprint density at radius 2 is 1.76 bits per heavy atom. The van der Waals surface area contributed by atoms with Crippen LogP contribution in [0.4, 0.5) is 0 Å². The number of benzene rings is 2. The molecule has 0 spiro atoms. The first-order valence-electron chi connectivity index (χ1n) is 5.22. The smallest absolute Gasteiger partial charge is 0.141 e. The van der Waals surface area contributed by atoms with Gasteiger partial charge in [-0.15, -0.1) is 0 Å². The molecule has 3 aromatic rings. The zero-order chi connectivity index (χ0) is 11.8. The summed E-state index contributed by atoms with van der Waals surface area (Å²) >= 11 is 0. The van der Waals surface area contributed by atoms with Crippen LogP contribution in [-0.2, 0) is 0 Å². The number of pyridine rings is 1. The highest BCUT2D eigenvalue weighted by Crippen LogP contribution is 2.29. The molecule has 0 atom stereocenters. The van der Waals surface area contributed by atoms with E-state index in [2.05, 4.69) is 11.1 Å². The van der Waals surface area contributed by atoms with Crippen LogP contribution in [0.5, 0.6) is 5.75 Å². The molecule has 3 rings (SSSR count). The van der Waals surface area contributed by atoms with Gasteiger partial charge >= 0.3 is 0 Å². The second-order valence-electron chi connectivity index (χ2n) is 3.79. The van der Waals surface area contributed by atoms with Gasteiger partial charge in [0.2, 0.25) is 0 Å². The van der Waals surface area contributed by atoms with Crippen molar-refractivity contribution in [2.45, 2.75) is 0 Å². The van der Waals surface area contributed by atoms with Crippen LogP contribution in [0.25, 0.3) is 21.8 Å².